The topological polar surface area (TPSA) is 66.8 Å². The molecule has 0 saturated heterocycles. The fourth-order valence-corrected chi connectivity index (χ4v) is 4.15. The molecule has 0 heterocycles. The van der Waals surface area contributed by atoms with E-state index in [0.29, 0.717) is 12.2 Å². The molecular weight excluding hydrogens is 347 g/mol. The zero-order valence-corrected chi connectivity index (χ0v) is 16.5. The van der Waals surface area contributed by atoms with Crippen LogP contribution in [0.3, 0.4) is 0 Å². The summed E-state index contributed by atoms with van der Waals surface area (Å²) in [6.07, 6.45) is 9.38. The fourth-order valence-electron chi connectivity index (χ4n) is 3.26. The Bertz CT molecular complexity index is 705. The molecule has 0 fully saturated rings. The van der Waals surface area contributed by atoms with Gasteiger partial charge in [-0.2, -0.15) is 0 Å². The fraction of sp³-hybridized carbons (Fsp3) is 0.524. The van der Waals surface area contributed by atoms with Crippen molar-refractivity contribution in [3.63, 3.8) is 0 Å². The maximum absolute atomic E-state index is 12.0. The average Bonchev–Trinajstić information content (AvgIpc) is 2.62. The minimum absolute atomic E-state index is 0.369. The molecule has 0 radical (unpaired) electrons. The predicted molar refractivity (Wildman–Crippen MR) is 107 cm³/mol. The van der Waals surface area contributed by atoms with E-state index in [0.717, 1.165) is 30.0 Å². The minimum atomic E-state index is -4.40. The highest BCUT2D eigenvalue weighted by atomic mass is 31.2. The van der Waals surface area contributed by atoms with Crippen molar-refractivity contribution >= 4 is 18.4 Å². The Labute approximate surface area is 156 Å². The number of hydrogen-bond acceptors (Lipinski definition) is 2. The van der Waals surface area contributed by atoms with Crippen molar-refractivity contribution in [3.8, 4) is 0 Å². The molecule has 4 nitrogen and oxygen atoms in total. The van der Waals surface area contributed by atoms with Gasteiger partial charge < -0.3 is 14.5 Å². The molecule has 0 spiro atoms. The first kappa shape index (κ1) is 21.1. The summed E-state index contributed by atoms with van der Waals surface area (Å²) < 4.78 is 17.7. The molecule has 0 bridgehead atoms. The molecule has 0 amide bonds. The average molecular weight is 378 g/mol. The van der Waals surface area contributed by atoms with Crippen molar-refractivity contribution in [3.05, 3.63) is 48.0 Å². The van der Waals surface area contributed by atoms with Crippen LogP contribution in [0, 0.1) is 0 Å². The number of unbranched alkanes of at least 4 members (excludes halogenated alkanes) is 7. The number of ether oxygens (including phenoxy) is 1. The summed E-state index contributed by atoms with van der Waals surface area (Å²) >= 11 is 0. The lowest BCUT2D eigenvalue weighted by Gasteiger charge is -2.21. The van der Waals surface area contributed by atoms with Crippen LogP contribution in [-0.4, -0.2) is 16.4 Å². The third-order valence-electron chi connectivity index (χ3n) is 4.67. The first-order valence-corrected chi connectivity index (χ1v) is 11.4. The zero-order valence-electron chi connectivity index (χ0n) is 15.6. The Morgan fingerprint density at radius 1 is 0.885 bits per heavy atom. The zero-order chi connectivity index (χ0) is 18.8. The smallest absolute Gasteiger partial charge is 0.358 e. The molecule has 0 aromatic heterocycles. The summed E-state index contributed by atoms with van der Waals surface area (Å²) in [6.45, 7) is 2.58. The molecule has 2 N–H and O–H groups in total. The second kappa shape index (κ2) is 10.8. The quantitative estimate of drug-likeness (QED) is 0.342. The van der Waals surface area contributed by atoms with Gasteiger partial charge in [-0.1, -0.05) is 94.3 Å². The van der Waals surface area contributed by atoms with Crippen LogP contribution < -0.4 is 0 Å². The van der Waals surface area contributed by atoms with Gasteiger partial charge in [-0.3, -0.25) is 4.57 Å². The van der Waals surface area contributed by atoms with Gasteiger partial charge in [0, 0.05) is 12.2 Å². The number of rotatable bonds is 12. The van der Waals surface area contributed by atoms with E-state index in [2.05, 4.69) is 6.92 Å². The van der Waals surface area contributed by atoms with Crippen LogP contribution in [0.4, 0.5) is 0 Å². The monoisotopic (exact) mass is 378 g/mol. The lowest BCUT2D eigenvalue weighted by Crippen LogP contribution is -2.07. The molecule has 26 heavy (non-hydrogen) atoms. The van der Waals surface area contributed by atoms with Gasteiger partial charge in [0.2, 0.25) is 0 Å². The van der Waals surface area contributed by atoms with E-state index in [1.165, 1.54) is 32.1 Å². The van der Waals surface area contributed by atoms with Gasteiger partial charge >= 0.3 is 7.60 Å². The summed E-state index contributed by atoms with van der Waals surface area (Å²) in [5.41, 5.74) is 0.566. The normalized spacial score (nSPS) is 13.2. The van der Waals surface area contributed by atoms with Gasteiger partial charge in [0.15, 0.2) is 5.85 Å². The first-order chi connectivity index (χ1) is 12.5. The second-order valence-electron chi connectivity index (χ2n) is 6.86. The van der Waals surface area contributed by atoms with E-state index in [1.54, 1.807) is 6.07 Å². The Balaban J connectivity index is 1.90. The molecule has 2 aromatic carbocycles. The summed E-state index contributed by atoms with van der Waals surface area (Å²) in [7, 11) is -4.40. The van der Waals surface area contributed by atoms with Gasteiger partial charge in [0.05, 0.1) is 0 Å². The van der Waals surface area contributed by atoms with Crippen LogP contribution in [0.25, 0.3) is 10.8 Å². The molecule has 0 saturated carbocycles. The number of fused-ring (bicyclic) bond motifs is 1. The molecule has 144 valence electrons. The Morgan fingerprint density at radius 2 is 1.50 bits per heavy atom. The van der Waals surface area contributed by atoms with Crippen molar-refractivity contribution in [1.29, 1.82) is 0 Å². The minimum Gasteiger partial charge on any atom is -0.361 e. The van der Waals surface area contributed by atoms with Gasteiger partial charge in [-0.15, -0.1) is 0 Å². The van der Waals surface area contributed by atoms with Gasteiger partial charge in [-0.25, -0.2) is 0 Å². The predicted octanol–water partition coefficient (Wildman–Crippen LogP) is 6.17. The van der Waals surface area contributed by atoms with E-state index >= 15 is 0 Å². The first-order valence-electron chi connectivity index (χ1n) is 9.68. The van der Waals surface area contributed by atoms with Crippen LogP contribution in [0.15, 0.2) is 42.5 Å². The second-order valence-corrected chi connectivity index (χ2v) is 8.50. The molecule has 2 aromatic rings. The summed E-state index contributed by atoms with van der Waals surface area (Å²) in [4.78, 5) is 19.6. The lowest BCUT2D eigenvalue weighted by atomic mass is 10.1. The maximum atomic E-state index is 12.0. The molecule has 1 atom stereocenters. The molecule has 1 unspecified atom stereocenters. The van der Waals surface area contributed by atoms with Gasteiger partial charge in [0.25, 0.3) is 0 Å². The van der Waals surface area contributed by atoms with Crippen LogP contribution in [-0.2, 0) is 9.30 Å². The molecule has 0 aliphatic rings. The number of benzene rings is 2. The summed E-state index contributed by atoms with van der Waals surface area (Å²) in [6, 6.07) is 13.1. The van der Waals surface area contributed by atoms with Crippen molar-refractivity contribution in [2.24, 2.45) is 0 Å². The Hall–Kier alpha value is -1.19. The van der Waals surface area contributed by atoms with Crippen molar-refractivity contribution < 1.29 is 19.1 Å². The maximum Gasteiger partial charge on any atom is 0.358 e. The van der Waals surface area contributed by atoms with E-state index in [9.17, 15) is 14.4 Å². The van der Waals surface area contributed by atoms with Crippen LogP contribution in [0.2, 0.25) is 0 Å². The van der Waals surface area contributed by atoms with E-state index in [4.69, 9.17) is 4.74 Å². The van der Waals surface area contributed by atoms with Crippen LogP contribution in [0.5, 0.6) is 0 Å². The largest absolute Gasteiger partial charge is 0.361 e. The van der Waals surface area contributed by atoms with Gasteiger partial charge in [-0.05, 0) is 17.2 Å². The van der Waals surface area contributed by atoms with Crippen LogP contribution in [0.1, 0.15) is 69.7 Å². The van der Waals surface area contributed by atoms with Gasteiger partial charge in [0.1, 0.15) is 0 Å². The number of hydrogen-bond donors (Lipinski definition) is 2. The molecule has 2 rings (SSSR count). The highest BCUT2D eigenvalue weighted by Gasteiger charge is 2.32. The standard InChI is InChI=1S/C21H31O4P/c1-2-3-4-5-6-7-8-11-17-25-21(26(22,23)24)20-16-12-14-18-13-9-10-15-19(18)20/h9-10,12-16,21H,2-8,11,17H2,1H3,(H2,22,23,24). The Kier molecular flexibility index (Phi) is 8.80. The van der Waals surface area contributed by atoms with E-state index < -0.39 is 13.4 Å². The third kappa shape index (κ3) is 6.51. The van der Waals surface area contributed by atoms with E-state index in [1.807, 2.05) is 36.4 Å². The summed E-state index contributed by atoms with van der Waals surface area (Å²) in [5, 5.41) is 1.79. The van der Waals surface area contributed by atoms with Crippen molar-refractivity contribution in [2.45, 2.75) is 64.1 Å². The molecule has 0 aliphatic heterocycles. The summed E-state index contributed by atoms with van der Waals surface area (Å²) in [5.74, 6) is -1.20. The van der Waals surface area contributed by atoms with Crippen LogP contribution >= 0.6 is 7.60 Å². The third-order valence-corrected chi connectivity index (χ3v) is 5.71. The highest BCUT2D eigenvalue weighted by molar-refractivity contribution is 7.52. The van der Waals surface area contributed by atoms with Crippen molar-refractivity contribution in [2.75, 3.05) is 6.61 Å². The van der Waals surface area contributed by atoms with Crippen molar-refractivity contribution in [1.82, 2.24) is 0 Å². The highest BCUT2D eigenvalue weighted by Crippen LogP contribution is 2.53. The Morgan fingerprint density at radius 3 is 2.19 bits per heavy atom. The molecular formula is C21H31O4P. The lowest BCUT2D eigenvalue weighted by molar-refractivity contribution is 0.0833. The van der Waals surface area contributed by atoms with E-state index in [-0.39, 0.29) is 0 Å². The molecule has 5 heteroatoms. The SMILES string of the molecule is CCCCCCCCCCOC(c1cccc2ccccc12)P(=O)(O)O. The molecule has 0 aliphatic carbocycles.